The lowest BCUT2D eigenvalue weighted by Crippen LogP contribution is -2.43. The molecule has 1 saturated heterocycles. The molecule has 66 valence electrons. The fourth-order valence-corrected chi connectivity index (χ4v) is 1.95. The number of nitrogens with zero attached hydrogens (tertiary/aromatic N) is 2. The quantitative estimate of drug-likeness (QED) is 0.819. The molecule has 1 aliphatic rings. The Balaban J connectivity index is 2.05. The summed E-state index contributed by atoms with van der Waals surface area (Å²) in [5, 5.41) is 7.50. The fourth-order valence-electron chi connectivity index (χ4n) is 1.45. The molecule has 0 aromatic carbocycles. The highest BCUT2D eigenvalue weighted by atomic mass is 79.9. The molecule has 2 heterocycles. The molecule has 0 aliphatic carbocycles. The SMILES string of the molecule is Cn1nc(Br)cc1CC1CNC1. The normalized spacial score (nSPS) is 17.8. The highest BCUT2D eigenvalue weighted by Gasteiger charge is 2.18. The van der Waals surface area contributed by atoms with Gasteiger partial charge in [-0.15, -0.1) is 0 Å². The lowest BCUT2D eigenvalue weighted by atomic mass is 9.97. The third-order valence-electron chi connectivity index (χ3n) is 2.31. The van der Waals surface area contributed by atoms with E-state index >= 15 is 0 Å². The van der Waals surface area contributed by atoms with Crippen LogP contribution >= 0.6 is 15.9 Å². The van der Waals surface area contributed by atoms with Crippen molar-refractivity contribution in [2.24, 2.45) is 13.0 Å². The first-order valence-corrected chi connectivity index (χ1v) is 4.94. The maximum Gasteiger partial charge on any atom is 0.128 e. The summed E-state index contributed by atoms with van der Waals surface area (Å²) in [4.78, 5) is 0. The number of aromatic nitrogens is 2. The van der Waals surface area contributed by atoms with Gasteiger partial charge in [0.1, 0.15) is 4.60 Å². The van der Waals surface area contributed by atoms with Crippen LogP contribution in [0.5, 0.6) is 0 Å². The maximum absolute atomic E-state index is 4.24. The Morgan fingerprint density at radius 1 is 1.75 bits per heavy atom. The first-order valence-electron chi connectivity index (χ1n) is 4.15. The van der Waals surface area contributed by atoms with E-state index in [1.807, 2.05) is 11.7 Å². The molecule has 1 aliphatic heterocycles. The molecule has 0 unspecified atom stereocenters. The molecule has 2 rings (SSSR count). The van der Waals surface area contributed by atoms with Gasteiger partial charge < -0.3 is 5.32 Å². The van der Waals surface area contributed by atoms with Crippen LogP contribution in [0.4, 0.5) is 0 Å². The minimum atomic E-state index is 0.812. The average Bonchev–Trinajstić information content (AvgIpc) is 2.21. The summed E-state index contributed by atoms with van der Waals surface area (Å²) in [5.41, 5.74) is 1.31. The first-order chi connectivity index (χ1) is 5.75. The second-order valence-electron chi connectivity index (χ2n) is 3.31. The van der Waals surface area contributed by atoms with E-state index in [0.29, 0.717) is 0 Å². The van der Waals surface area contributed by atoms with Gasteiger partial charge in [0.15, 0.2) is 0 Å². The summed E-state index contributed by atoms with van der Waals surface area (Å²) in [6.07, 6.45) is 1.14. The van der Waals surface area contributed by atoms with Crippen LogP contribution in [-0.4, -0.2) is 22.9 Å². The number of rotatable bonds is 2. The van der Waals surface area contributed by atoms with E-state index in [0.717, 1.165) is 30.0 Å². The van der Waals surface area contributed by atoms with E-state index < -0.39 is 0 Å². The predicted octanol–water partition coefficient (Wildman–Crippen LogP) is 0.944. The van der Waals surface area contributed by atoms with E-state index in [4.69, 9.17) is 0 Å². The molecule has 3 nitrogen and oxygen atoms in total. The van der Waals surface area contributed by atoms with Crippen molar-refractivity contribution in [1.29, 1.82) is 0 Å². The molecular formula is C8H12BrN3. The van der Waals surface area contributed by atoms with Crippen LogP contribution < -0.4 is 5.32 Å². The Kier molecular flexibility index (Phi) is 2.19. The molecule has 1 N–H and O–H groups in total. The fraction of sp³-hybridized carbons (Fsp3) is 0.625. The molecule has 4 heteroatoms. The van der Waals surface area contributed by atoms with Crippen LogP contribution in [0.1, 0.15) is 5.69 Å². The van der Waals surface area contributed by atoms with Crippen molar-refractivity contribution < 1.29 is 0 Å². The Morgan fingerprint density at radius 2 is 2.50 bits per heavy atom. The topological polar surface area (TPSA) is 29.9 Å². The second-order valence-corrected chi connectivity index (χ2v) is 4.12. The predicted molar refractivity (Wildman–Crippen MR) is 51.0 cm³/mol. The highest BCUT2D eigenvalue weighted by molar-refractivity contribution is 9.10. The smallest absolute Gasteiger partial charge is 0.128 e. The van der Waals surface area contributed by atoms with Gasteiger partial charge in [0.2, 0.25) is 0 Å². The Bertz CT molecular complexity index is 278. The van der Waals surface area contributed by atoms with E-state index in [2.05, 4.69) is 32.4 Å². The second kappa shape index (κ2) is 3.18. The van der Waals surface area contributed by atoms with Crippen LogP contribution in [-0.2, 0) is 13.5 Å². The molecule has 1 aromatic rings. The van der Waals surface area contributed by atoms with Crippen molar-refractivity contribution in [3.63, 3.8) is 0 Å². The molecule has 0 radical (unpaired) electrons. The number of hydrogen-bond donors (Lipinski definition) is 1. The standard InChI is InChI=1S/C8H12BrN3/c1-12-7(3-8(9)11-12)2-6-4-10-5-6/h3,6,10H,2,4-5H2,1H3. The molecule has 0 saturated carbocycles. The van der Waals surface area contributed by atoms with E-state index in [1.54, 1.807) is 0 Å². The van der Waals surface area contributed by atoms with Gasteiger partial charge in [0.25, 0.3) is 0 Å². The van der Waals surface area contributed by atoms with Crippen LogP contribution in [0.25, 0.3) is 0 Å². The van der Waals surface area contributed by atoms with Gasteiger partial charge in [-0.3, -0.25) is 4.68 Å². The number of nitrogens with one attached hydrogen (secondary N) is 1. The highest BCUT2D eigenvalue weighted by Crippen LogP contribution is 2.15. The zero-order chi connectivity index (χ0) is 8.55. The van der Waals surface area contributed by atoms with Crippen molar-refractivity contribution in [2.45, 2.75) is 6.42 Å². The summed E-state index contributed by atoms with van der Waals surface area (Å²) in [5.74, 6) is 0.812. The first kappa shape index (κ1) is 8.26. The molecular weight excluding hydrogens is 218 g/mol. The maximum atomic E-state index is 4.24. The summed E-state index contributed by atoms with van der Waals surface area (Å²) in [6, 6.07) is 2.10. The molecule has 1 aromatic heterocycles. The van der Waals surface area contributed by atoms with Crippen molar-refractivity contribution >= 4 is 15.9 Å². The Labute approximate surface area is 80.3 Å². The zero-order valence-corrected chi connectivity index (χ0v) is 8.63. The molecule has 1 fully saturated rings. The van der Waals surface area contributed by atoms with Gasteiger partial charge in [-0.25, -0.2) is 0 Å². The van der Waals surface area contributed by atoms with Gasteiger partial charge in [-0.05, 0) is 47.4 Å². The minimum Gasteiger partial charge on any atom is -0.316 e. The van der Waals surface area contributed by atoms with Crippen molar-refractivity contribution in [3.8, 4) is 0 Å². The van der Waals surface area contributed by atoms with Gasteiger partial charge in [0.05, 0.1) is 0 Å². The lowest BCUT2D eigenvalue weighted by molar-refractivity contribution is 0.340. The summed E-state index contributed by atoms with van der Waals surface area (Å²) >= 11 is 3.37. The van der Waals surface area contributed by atoms with Gasteiger partial charge in [-0.2, -0.15) is 5.10 Å². The number of aryl methyl sites for hydroxylation is 1. The summed E-state index contributed by atoms with van der Waals surface area (Å²) < 4.78 is 2.88. The van der Waals surface area contributed by atoms with Crippen molar-refractivity contribution in [3.05, 3.63) is 16.4 Å². The number of hydrogen-bond acceptors (Lipinski definition) is 2. The van der Waals surface area contributed by atoms with Gasteiger partial charge >= 0.3 is 0 Å². The molecule has 0 spiro atoms. The lowest BCUT2D eigenvalue weighted by Gasteiger charge is -2.26. The largest absolute Gasteiger partial charge is 0.316 e. The van der Waals surface area contributed by atoms with Gasteiger partial charge in [0, 0.05) is 12.7 Å². The molecule has 0 atom stereocenters. The summed E-state index contributed by atoms with van der Waals surface area (Å²) in [6.45, 7) is 2.31. The minimum absolute atomic E-state index is 0.812. The zero-order valence-electron chi connectivity index (χ0n) is 7.05. The van der Waals surface area contributed by atoms with E-state index in [-0.39, 0.29) is 0 Å². The molecule has 0 bridgehead atoms. The molecule has 0 amide bonds. The third-order valence-corrected chi connectivity index (χ3v) is 2.70. The summed E-state index contributed by atoms with van der Waals surface area (Å²) in [7, 11) is 1.99. The van der Waals surface area contributed by atoms with Crippen molar-refractivity contribution in [1.82, 2.24) is 15.1 Å². The van der Waals surface area contributed by atoms with Gasteiger partial charge in [-0.1, -0.05) is 0 Å². The monoisotopic (exact) mass is 229 g/mol. The van der Waals surface area contributed by atoms with E-state index in [9.17, 15) is 0 Å². The van der Waals surface area contributed by atoms with Crippen molar-refractivity contribution in [2.75, 3.05) is 13.1 Å². The van der Waals surface area contributed by atoms with Crippen LogP contribution in [0.15, 0.2) is 10.7 Å². The van der Waals surface area contributed by atoms with Crippen LogP contribution in [0.2, 0.25) is 0 Å². The molecule has 12 heavy (non-hydrogen) atoms. The van der Waals surface area contributed by atoms with Crippen LogP contribution in [0, 0.1) is 5.92 Å². The third kappa shape index (κ3) is 1.54. The Morgan fingerprint density at radius 3 is 2.92 bits per heavy atom. The van der Waals surface area contributed by atoms with E-state index in [1.165, 1.54) is 5.69 Å². The Hall–Kier alpha value is -0.350. The number of halogens is 1. The average molecular weight is 230 g/mol. The van der Waals surface area contributed by atoms with Crippen LogP contribution in [0.3, 0.4) is 0 Å².